The number of carboxylic acids is 1. The summed E-state index contributed by atoms with van der Waals surface area (Å²) >= 11 is 0. The average Bonchev–Trinajstić information content (AvgIpc) is 2.57. The normalized spacial score (nSPS) is 12.7. The molecule has 0 spiro atoms. The van der Waals surface area contributed by atoms with Crippen LogP contribution >= 0.6 is 0 Å². The molecule has 0 bridgehead atoms. The van der Waals surface area contributed by atoms with Crippen molar-refractivity contribution >= 4 is 5.97 Å². The lowest BCUT2D eigenvalue weighted by Gasteiger charge is -2.18. The molecule has 0 saturated heterocycles. The van der Waals surface area contributed by atoms with E-state index in [9.17, 15) is 9.18 Å². The highest BCUT2D eigenvalue weighted by molar-refractivity contribution is 5.72. The molecule has 0 aliphatic rings. The van der Waals surface area contributed by atoms with Gasteiger partial charge in [-0.3, -0.25) is 0 Å². The molecule has 0 amide bonds. The average molecular weight is 345 g/mol. The Balaban J connectivity index is 3.84. The fourth-order valence-electron chi connectivity index (χ4n) is 3.37. The highest BCUT2D eigenvalue weighted by Gasteiger charge is 2.26. The lowest BCUT2D eigenvalue weighted by atomic mass is 9.90. The first-order valence-corrected chi connectivity index (χ1v) is 10.5. The molecule has 0 aliphatic heterocycles. The van der Waals surface area contributed by atoms with Crippen molar-refractivity contribution in [1.82, 2.24) is 0 Å². The van der Waals surface area contributed by atoms with E-state index in [0.717, 1.165) is 38.5 Å². The quantitative estimate of drug-likeness (QED) is 0.265. The number of aliphatic carboxylic acids is 1. The molecule has 0 heterocycles. The zero-order chi connectivity index (χ0) is 18.0. The van der Waals surface area contributed by atoms with E-state index in [0.29, 0.717) is 0 Å². The van der Waals surface area contributed by atoms with Gasteiger partial charge in [0.05, 0.1) is 0 Å². The Hall–Kier alpha value is -0.600. The summed E-state index contributed by atoms with van der Waals surface area (Å²) in [6.45, 7) is 4.42. The van der Waals surface area contributed by atoms with Crippen LogP contribution in [0.15, 0.2) is 0 Å². The van der Waals surface area contributed by atoms with Crippen molar-refractivity contribution < 1.29 is 14.3 Å². The number of alkyl halides is 1. The van der Waals surface area contributed by atoms with Gasteiger partial charge in [-0.25, -0.2) is 9.18 Å². The molecule has 3 heteroatoms. The largest absolute Gasteiger partial charge is 0.479 e. The van der Waals surface area contributed by atoms with Gasteiger partial charge in [-0.2, -0.15) is 0 Å². The van der Waals surface area contributed by atoms with E-state index in [2.05, 4.69) is 13.8 Å². The zero-order valence-electron chi connectivity index (χ0n) is 16.2. The van der Waals surface area contributed by atoms with Crippen LogP contribution in [0.25, 0.3) is 0 Å². The van der Waals surface area contributed by atoms with Crippen LogP contribution in [0.2, 0.25) is 0 Å². The summed E-state index contributed by atoms with van der Waals surface area (Å²) in [6, 6.07) is 0. The van der Waals surface area contributed by atoms with Crippen LogP contribution in [0.1, 0.15) is 117 Å². The molecule has 2 nitrogen and oxygen atoms in total. The van der Waals surface area contributed by atoms with Crippen LogP contribution in [-0.4, -0.2) is 17.2 Å². The predicted molar refractivity (Wildman–Crippen MR) is 101 cm³/mol. The van der Waals surface area contributed by atoms with E-state index in [1.165, 1.54) is 64.2 Å². The Labute approximate surface area is 149 Å². The molecule has 0 rings (SSSR count). The van der Waals surface area contributed by atoms with Gasteiger partial charge in [0, 0.05) is 5.92 Å². The first-order valence-electron chi connectivity index (χ1n) is 10.5. The van der Waals surface area contributed by atoms with Crippen LogP contribution < -0.4 is 0 Å². The second-order valence-electron chi connectivity index (χ2n) is 7.32. The van der Waals surface area contributed by atoms with Crippen molar-refractivity contribution in [3.63, 3.8) is 0 Å². The molecule has 1 unspecified atom stereocenters. The highest BCUT2D eigenvalue weighted by atomic mass is 19.1. The van der Waals surface area contributed by atoms with Crippen LogP contribution in [0.5, 0.6) is 0 Å². The Morgan fingerprint density at radius 3 is 1.38 bits per heavy atom. The van der Waals surface area contributed by atoms with Gasteiger partial charge >= 0.3 is 5.97 Å². The lowest BCUT2D eigenvalue weighted by Crippen LogP contribution is -2.25. The summed E-state index contributed by atoms with van der Waals surface area (Å²) in [5, 5.41) is 8.98. The van der Waals surface area contributed by atoms with Gasteiger partial charge in [0.1, 0.15) is 0 Å². The van der Waals surface area contributed by atoms with Crippen molar-refractivity contribution in [3.05, 3.63) is 0 Å². The minimum Gasteiger partial charge on any atom is -0.479 e. The topological polar surface area (TPSA) is 37.3 Å². The highest BCUT2D eigenvalue weighted by Crippen LogP contribution is 2.24. The second-order valence-corrected chi connectivity index (χ2v) is 7.32. The molecule has 0 saturated carbocycles. The van der Waals surface area contributed by atoms with Crippen LogP contribution in [-0.2, 0) is 4.79 Å². The summed E-state index contributed by atoms with van der Waals surface area (Å²) in [5.41, 5.74) is 0. The number of rotatable bonds is 18. The molecular formula is C21H41FO2. The SMILES string of the molecule is CCCCCCCCCC(CCCCCCCCC)C(F)C(=O)O. The smallest absolute Gasteiger partial charge is 0.338 e. The Kier molecular flexibility index (Phi) is 16.8. The number of carbonyl (C=O) groups is 1. The third-order valence-electron chi connectivity index (χ3n) is 5.01. The van der Waals surface area contributed by atoms with Gasteiger partial charge in [0.2, 0.25) is 0 Å². The van der Waals surface area contributed by atoms with E-state index < -0.39 is 12.1 Å². The molecule has 0 aromatic carbocycles. The van der Waals surface area contributed by atoms with Crippen LogP contribution in [0.4, 0.5) is 4.39 Å². The van der Waals surface area contributed by atoms with E-state index >= 15 is 0 Å². The minimum atomic E-state index is -1.68. The number of unbranched alkanes of at least 4 members (excludes halogenated alkanes) is 12. The Bertz CT molecular complexity index is 263. The Morgan fingerprint density at radius 2 is 1.04 bits per heavy atom. The fourth-order valence-corrected chi connectivity index (χ4v) is 3.37. The van der Waals surface area contributed by atoms with Crippen molar-refractivity contribution in [2.45, 2.75) is 123 Å². The Morgan fingerprint density at radius 1 is 0.708 bits per heavy atom. The molecule has 0 fully saturated rings. The number of hydrogen-bond donors (Lipinski definition) is 1. The predicted octanol–water partition coefficient (Wildman–Crippen LogP) is 7.31. The van der Waals surface area contributed by atoms with Crippen molar-refractivity contribution in [1.29, 1.82) is 0 Å². The minimum absolute atomic E-state index is 0.284. The van der Waals surface area contributed by atoms with E-state index in [1.54, 1.807) is 0 Å². The van der Waals surface area contributed by atoms with Crippen LogP contribution in [0.3, 0.4) is 0 Å². The van der Waals surface area contributed by atoms with E-state index in [-0.39, 0.29) is 5.92 Å². The summed E-state index contributed by atoms with van der Waals surface area (Å²) in [5.74, 6) is -1.56. The first-order chi connectivity index (χ1) is 11.6. The standard InChI is InChI=1S/C21H41FO2/c1-3-5-7-9-11-13-15-17-19(20(22)21(23)24)18-16-14-12-10-8-6-4-2/h19-20H,3-18H2,1-2H3,(H,23,24). The van der Waals surface area contributed by atoms with Gasteiger partial charge in [-0.05, 0) is 12.8 Å². The lowest BCUT2D eigenvalue weighted by molar-refractivity contribution is -0.145. The maximum atomic E-state index is 13.9. The number of hydrogen-bond acceptors (Lipinski definition) is 1. The molecule has 144 valence electrons. The van der Waals surface area contributed by atoms with Crippen LogP contribution in [0, 0.1) is 5.92 Å². The molecule has 1 N–H and O–H groups in total. The zero-order valence-corrected chi connectivity index (χ0v) is 16.2. The van der Waals surface area contributed by atoms with Crippen molar-refractivity contribution in [2.24, 2.45) is 5.92 Å². The summed E-state index contributed by atoms with van der Waals surface area (Å²) in [4.78, 5) is 11.0. The van der Waals surface area contributed by atoms with Gasteiger partial charge in [-0.1, -0.05) is 104 Å². The molecule has 0 radical (unpaired) electrons. The number of carboxylic acid groups (broad SMARTS) is 1. The monoisotopic (exact) mass is 344 g/mol. The van der Waals surface area contributed by atoms with E-state index in [1.807, 2.05) is 0 Å². The molecule has 0 aromatic heterocycles. The maximum Gasteiger partial charge on any atom is 0.338 e. The van der Waals surface area contributed by atoms with Crippen molar-refractivity contribution in [3.8, 4) is 0 Å². The molecular weight excluding hydrogens is 303 g/mol. The van der Waals surface area contributed by atoms with Gasteiger partial charge in [0.15, 0.2) is 6.17 Å². The summed E-state index contributed by atoms with van der Waals surface area (Å²) in [7, 11) is 0. The van der Waals surface area contributed by atoms with Gasteiger partial charge in [-0.15, -0.1) is 0 Å². The number of halogens is 1. The van der Waals surface area contributed by atoms with Gasteiger partial charge in [0.25, 0.3) is 0 Å². The molecule has 1 atom stereocenters. The molecule has 24 heavy (non-hydrogen) atoms. The summed E-state index contributed by atoms with van der Waals surface area (Å²) < 4.78 is 13.9. The second kappa shape index (κ2) is 17.2. The van der Waals surface area contributed by atoms with E-state index in [4.69, 9.17) is 5.11 Å². The van der Waals surface area contributed by atoms with Gasteiger partial charge < -0.3 is 5.11 Å². The van der Waals surface area contributed by atoms with Crippen molar-refractivity contribution in [2.75, 3.05) is 0 Å². The molecule has 0 aromatic rings. The fraction of sp³-hybridized carbons (Fsp3) is 0.952. The third-order valence-corrected chi connectivity index (χ3v) is 5.01. The third kappa shape index (κ3) is 13.8. The summed E-state index contributed by atoms with van der Waals surface area (Å²) in [6.07, 6.45) is 16.6. The first kappa shape index (κ1) is 23.4. The molecule has 0 aliphatic carbocycles. The maximum absolute atomic E-state index is 13.9.